The largest absolute Gasteiger partial charge is 0.313 e. The molecule has 0 unspecified atom stereocenters. The van der Waals surface area contributed by atoms with Gasteiger partial charge in [0.2, 0.25) is 0 Å². The van der Waals surface area contributed by atoms with Crippen molar-refractivity contribution in [2.45, 2.75) is 26.8 Å². The normalized spacial score (nSPS) is 11.1. The molecule has 2 rings (SSSR count). The van der Waals surface area contributed by atoms with Crippen LogP contribution < -0.4 is 5.32 Å². The van der Waals surface area contributed by atoms with Crippen LogP contribution >= 0.6 is 0 Å². The number of hydrogen-bond donors (Lipinski definition) is 1. The Hall–Kier alpha value is -1.49. The first-order valence-corrected chi connectivity index (χ1v) is 5.18. The molecule has 0 amide bonds. The van der Waals surface area contributed by atoms with Gasteiger partial charge in [0, 0.05) is 24.5 Å². The lowest BCUT2D eigenvalue weighted by molar-refractivity contribution is 0.669. The zero-order valence-electron chi connectivity index (χ0n) is 9.06. The highest BCUT2D eigenvalue weighted by molar-refractivity contribution is 5.27. The van der Waals surface area contributed by atoms with Gasteiger partial charge >= 0.3 is 0 Å². The predicted molar refractivity (Wildman–Crippen MR) is 57.5 cm³/mol. The molecule has 2 aromatic rings. The second-order valence-electron chi connectivity index (χ2n) is 3.54. The first-order chi connectivity index (χ1) is 7.29. The van der Waals surface area contributed by atoms with Crippen LogP contribution in [0.5, 0.6) is 0 Å². The molecule has 0 atom stereocenters. The summed E-state index contributed by atoms with van der Waals surface area (Å²) in [7, 11) is 0. The van der Waals surface area contributed by atoms with E-state index >= 15 is 0 Å². The van der Waals surface area contributed by atoms with Crippen LogP contribution in [0.2, 0.25) is 0 Å². The molecule has 80 valence electrons. The van der Waals surface area contributed by atoms with Gasteiger partial charge in [-0.1, -0.05) is 6.92 Å². The van der Waals surface area contributed by atoms with Crippen molar-refractivity contribution in [3.05, 3.63) is 23.8 Å². The maximum absolute atomic E-state index is 4.23. The lowest BCUT2D eigenvalue weighted by Crippen LogP contribution is -2.14. The third kappa shape index (κ3) is 2.30. The molecule has 0 saturated carbocycles. The molecule has 2 heterocycles. The minimum absolute atomic E-state index is 0.659. The number of rotatable bonds is 4. The van der Waals surface area contributed by atoms with Crippen molar-refractivity contribution < 1.29 is 0 Å². The smallest absolute Gasteiger partial charge is 0.252 e. The van der Waals surface area contributed by atoms with Crippen LogP contribution in [0, 0.1) is 6.92 Å². The van der Waals surface area contributed by atoms with Crippen molar-refractivity contribution in [1.82, 2.24) is 24.9 Å². The number of aromatic nitrogens is 4. The summed E-state index contributed by atoms with van der Waals surface area (Å²) >= 11 is 0. The van der Waals surface area contributed by atoms with Gasteiger partial charge in [0.15, 0.2) is 0 Å². The lowest BCUT2D eigenvalue weighted by Gasteiger charge is -2.02. The van der Waals surface area contributed by atoms with Gasteiger partial charge in [-0.05, 0) is 19.9 Å². The van der Waals surface area contributed by atoms with E-state index in [0.717, 1.165) is 30.9 Å². The molecule has 0 saturated heterocycles. The van der Waals surface area contributed by atoms with E-state index in [1.807, 2.05) is 19.3 Å². The summed E-state index contributed by atoms with van der Waals surface area (Å²) in [6, 6.07) is 0. The molecular formula is C10H15N5. The average Bonchev–Trinajstić information content (AvgIpc) is 2.57. The molecule has 0 spiro atoms. The van der Waals surface area contributed by atoms with Crippen LogP contribution in [-0.4, -0.2) is 26.1 Å². The van der Waals surface area contributed by atoms with Gasteiger partial charge in [0.1, 0.15) is 5.82 Å². The third-order valence-corrected chi connectivity index (χ3v) is 2.11. The molecule has 1 N–H and O–H groups in total. The highest BCUT2D eigenvalue weighted by Gasteiger charge is 2.01. The topological polar surface area (TPSA) is 55.1 Å². The van der Waals surface area contributed by atoms with Crippen molar-refractivity contribution in [2.24, 2.45) is 0 Å². The van der Waals surface area contributed by atoms with Gasteiger partial charge < -0.3 is 5.32 Å². The number of nitrogens with one attached hydrogen (secondary N) is 1. The Bertz CT molecular complexity index is 448. The molecule has 0 aliphatic carbocycles. The zero-order valence-corrected chi connectivity index (χ0v) is 9.06. The number of hydrogen-bond acceptors (Lipinski definition) is 4. The summed E-state index contributed by atoms with van der Waals surface area (Å²) in [5.74, 6) is 1.41. The van der Waals surface area contributed by atoms with Crippen molar-refractivity contribution in [1.29, 1.82) is 0 Å². The van der Waals surface area contributed by atoms with E-state index in [0.29, 0.717) is 5.78 Å². The minimum atomic E-state index is 0.659. The van der Waals surface area contributed by atoms with E-state index in [1.54, 1.807) is 4.52 Å². The zero-order chi connectivity index (χ0) is 10.7. The Morgan fingerprint density at radius 2 is 2.33 bits per heavy atom. The van der Waals surface area contributed by atoms with Gasteiger partial charge in [-0.25, -0.2) is 9.50 Å². The van der Waals surface area contributed by atoms with E-state index < -0.39 is 0 Å². The summed E-state index contributed by atoms with van der Waals surface area (Å²) in [6.45, 7) is 5.86. The van der Waals surface area contributed by atoms with Crippen LogP contribution in [0.25, 0.3) is 5.78 Å². The van der Waals surface area contributed by atoms with Crippen LogP contribution in [0.1, 0.15) is 24.7 Å². The third-order valence-electron chi connectivity index (χ3n) is 2.11. The summed E-state index contributed by atoms with van der Waals surface area (Å²) in [5.41, 5.74) is 1.13. The lowest BCUT2D eigenvalue weighted by atomic mass is 10.3. The van der Waals surface area contributed by atoms with Gasteiger partial charge in [0.05, 0.1) is 0 Å². The molecule has 0 fully saturated rings. The fourth-order valence-electron chi connectivity index (χ4n) is 1.43. The predicted octanol–water partition coefficient (Wildman–Crippen LogP) is 0.932. The van der Waals surface area contributed by atoms with Crippen LogP contribution in [0.3, 0.4) is 0 Å². The summed E-state index contributed by atoms with van der Waals surface area (Å²) < 4.78 is 1.72. The van der Waals surface area contributed by atoms with Gasteiger partial charge in [-0.3, -0.25) is 0 Å². The molecule has 0 radical (unpaired) electrons. The second kappa shape index (κ2) is 4.35. The van der Waals surface area contributed by atoms with E-state index in [-0.39, 0.29) is 0 Å². The molecule has 0 aliphatic heterocycles. The number of fused-ring (bicyclic) bond motifs is 1. The van der Waals surface area contributed by atoms with Crippen molar-refractivity contribution in [2.75, 3.05) is 6.54 Å². The van der Waals surface area contributed by atoms with Crippen molar-refractivity contribution >= 4 is 5.78 Å². The Labute approximate surface area is 88.6 Å². The van der Waals surface area contributed by atoms with Crippen molar-refractivity contribution in [3.8, 4) is 0 Å². The van der Waals surface area contributed by atoms with Crippen molar-refractivity contribution in [3.63, 3.8) is 0 Å². The second-order valence-corrected chi connectivity index (χ2v) is 3.54. The number of nitrogens with zero attached hydrogens (tertiary/aromatic N) is 4. The Morgan fingerprint density at radius 1 is 1.47 bits per heavy atom. The van der Waals surface area contributed by atoms with E-state index in [4.69, 9.17) is 0 Å². The molecule has 5 heteroatoms. The maximum atomic E-state index is 4.23. The summed E-state index contributed by atoms with van der Waals surface area (Å²) in [5, 5.41) is 7.54. The molecule has 0 aromatic carbocycles. The molecule has 15 heavy (non-hydrogen) atoms. The fourth-order valence-corrected chi connectivity index (χ4v) is 1.43. The van der Waals surface area contributed by atoms with E-state index in [9.17, 15) is 0 Å². The highest BCUT2D eigenvalue weighted by Crippen LogP contribution is 2.00. The average molecular weight is 205 g/mol. The Morgan fingerprint density at radius 3 is 3.13 bits per heavy atom. The van der Waals surface area contributed by atoms with Crippen LogP contribution in [0.15, 0.2) is 12.4 Å². The Balaban J connectivity index is 2.15. The molecule has 0 aliphatic rings. The first-order valence-electron chi connectivity index (χ1n) is 5.18. The Kier molecular flexibility index (Phi) is 2.91. The standard InChI is InChI=1S/C10H15N5/c1-3-4-11-5-9-6-12-10-13-8(2)14-15(10)7-9/h6-7,11H,3-5H2,1-2H3. The van der Waals surface area contributed by atoms with Gasteiger partial charge in [-0.2, -0.15) is 10.1 Å². The monoisotopic (exact) mass is 205 g/mol. The fraction of sp³-hybridized carbons (Fsp3) is 0.500. The van der Waals surface area contributed by atoms with Gasteiger partial charge in [0.25, 0.3) is 5.78 Å². The SMILES string of the molecule is CCCNCc1cnc2nc(C)nn2c1. The molecular weight excluding hydrogens is 190 g/mol. The van der Waals surface area contributed by atoms with Crippen LogP contribution in [0.4, 0.5) is 0 Å². The van der Waals surface area contributed by atoms with E-state index in [1.165, 1.54) is 0 Å². The quantitative estimate of drug-likeness (QED) is 0.754. The molecule has 0 bridgehead atoms. The molecule has 5 nitrogen and oxygen atoms in total. The minimum Gasteiger partial charge on any atom is -0.313 e. The first kappa shape index (κ1) is 10.0. The van der Waals surface area contributed by atoms with E-state index in [2.05, 4.69) is 27.3 Å². The number of aryl methyl sites for hydroxylation is 1. The highest BCUT2D eigenvalue weighted by atomic mass is 15.3. The van der Waals surface area contributed by atoms with Gasteiger partial charge in [-0.15, -0.1) is 0 Å². The molecule has 2 aromatic heterocycles. The maximum Gasteiger partial charge on any atom is 0.252 e. The summed E-state index contributed by atoms with van der Waals surface area (Å²) in [4.78, 5) is 8.40. The summed E-state index contributed by atoms with van der Waals surface area (Å²) in [6.07, 6.45) is 4.94. The van der Waals surface area contributed by atoms with Crippen LogP contribution in [-0.2, 0) is 6.54 Å².